The number of pyridine rings is 1. The summed E-state index contributed by atoms with van der Waals surface area (Å²) in [7, 11) is 0. The van der Waals surface area contributed by atoms with Gasteiger partial charge in [0.2, 0.25) is 0 Å². The SMILES string of the molecule is NC(=O)c1cc(-c2cncc(N)n2)c[nH]c1=O. The van der Waals surface area contributed by atoms with Crippen molar-refractivity contribution in [2.45, 2.75) is 0 Å². The average molecular weight is 231 g/mol. The molecule has 0 aliphatic heterocycles. The Balaban J connectivity index is 2.58. The molecule has 17 heavy (non-hydrogen) atoms. The van der Waals surface area contributed by atoms with Crippen LogP contribution in [-0.2, 0) is 0 Å². The fraction of sp³-hybridized carbons (Fsp3) is 0. The summed E-state index contributed by atoms with van der Waals surface area (Å²) >= 11 is 0. The maximum atomic E-state index is 11.3. The standard InChI is InChI=1S/C10H9N5O2/c11-8-4-13-3-7(15-8)5-1-6(9(12)16)10(17)14-2-5/h1-4H,(H2,11,15)(H2,12,16)(H,14,17). The van der Waals surface area contributed by atoms with E-state index < -0.39 is 11.5 Å². The zero-order valence-electron chi connectivity index (χ0n) is 8.68. The molecule has 2 rings (SSSR count). The topological polar surface area (TPSA) is 128 Å². The van der Waals surface area contributed by atoms with E-state index in [1.807, 2.05) is 0 Å². The van der Waals surface area contributed by atoms with Gasteiger partial charge >= 0.3 is 0 Å². The van der Waals surface area contributed by atoms with Crippen LogP contribution in [0.25, 0.3) is 11.3 Å². The van der Waals surface area contributed by atoms with Gasteiger partial charge in [0.25, 0.3) is 11.5 Å². The number of nitrogen functional groups attached to an aromatic ring is 1. The van der Waals surface area contributed by atoms with Crippen LogP contribution in [0.2, 0.25) is 0 Å². The molecule has 7 heteroatoms. The van der Waals surface area contributed by atoms with E-state index in [-0.39, 0.29) is 11.4 Å². The van der Waals surface area contributed by atoms with Crippen molar-refractivity contribution in [1.82, 2.24) is 15.0 Å². The Morgan fingerprint density at radius 1 is 1.35 bits per heavy atom. The predicted molar refractivity (Wildman–Crippen MR) is 61.0 cm³/mol. The zero-order chi connectivity index (χ0) is 12.4. The van der Waals surface area contributed by atoms with E-state index in [1.165, 1.54) is 24.7 Å². The molecule has 86 valence electrons. The summed E-state index contributed by atoms with van der Waals surface area (Å²) in [6.07, 6.45) is 4.27. The number of amides is 1. The Bertz CT molecular complexity index is 635. The largest absolute Gasteiger partial charge is 0.382 e. The van der Waals surface area contributed by atoms with Gasteiger partial charge in [0.15, 0.2) is 0 Å². The van der Waals surface area contributed by atoms with Crippen LogP contribution in [0, 0.1) is 0 Å². The van der Waals surface area contributed by atoms with Crippen molar-refractivity contribution in [1.29, 1.82) is 0 Å². The second-order valence-electron chi connectivity index (χ2n) is 3.32. The summed E-state index contributed by atoms with van der Waals surface area (Å²) < 4.78 is 0. The number of hydrogen-bond acceptors (Lipinski definition) is 5. The number of hydrogen-bond donors (Lipinski definition) is 3. The number of aromatic amines is 1. The number of H-pyrrole nitrogens is 1. The number of anilines is 1. The molecule has 0 saturated heterocycles. The van der Waals surface area contributed by atoms with Crippen molar-refractivity contribution in [3.8, 4) is 11.3 Å². The Hall–Kier alpha value is -2.70. The Morgan fingerprint density at radius 3 is 2.76 bits per heavy atom. The van der Waals surface area contributed by atoms with E-state index in [2.05, 4.69) is 15.0 Å². The van der Waals surface area contributed by atoms with E-state index in [0.717, 1.165) is 0 Å². The highest BCUT2D eigenvalue weighted by molar-refractivity contribution is 5.93. The third-order valence-corrected chi connectivity index (χ3v) is 2.12. The highest BCUT2D eigenvalue weighted by atomic mass is 16.2. The van der Waals surface area contributed by atoms with Gasteiger partial charge in [0, 0.05) is 11.8 Å². The maximum Gasteiger partial charge on any atom is 0.260 e. The normalized spacial score (nSPS) is 10.1. The zero-order valence-corrected chi connectivity index (χ0v) is 8.68. The van der Waals surface area contributed by atoms with Crippen LogP contribution in [0.3, 0.4) is 0 Å². The van der Waals surface area contributed by atoms with Gasteiger partial charge < -0.3 is 16.5 Å². The minimum Gasteiger partial charge on any atom is -0.382 e. The van der Waals surface area contributed by atoms with Crippen LogP contribution in [0.15, 0.2) is 29.5 Å². The monoisotopic (exact) mass is 231 g/mol. The minimum absolute atomic E-state index is 0.133. The highest BCUT2D eigenvalue weighted by Crippen LogP contribution is 2.15. The Morgan fingerprint density at radius 2 is 2.12 bits per heavy atom. The molecule has 0 fully saturated rings. The summed E-state index contributed by atoms with van der Waals surface area (Å²) in [6.45, 7) is 0. The van der Waals surface area contributed by atoms with Crippen LogP contribution in [0.1, 0.15) is 10.4 Å². The Kier molecular flexibility index (Phi) is 2.57. The lowest BCUT2D eigenvalue weighted by atomic mass is 10.1. The number of nitrogens with zero attached hydrogens (tertiary/aromatic N) is 2. The molecule has 0 bridgehead atoms. The first kappa shape index (κ1) is 10.8. The van der Waals surface area contributed by atoms with Gasteiger partial charge in [-0.1, -0.05) is 0 Å². The third kappa shape index (κ3) is 2.12. The maximum absolute atomic E-state index is 11.3. The van der Waals surface area contributed by atoms with Crippen LogP contribution in [-0.4, -0.2) is 20.9 Å². The molecule has 0 aliphatic carbocycles. The molecule has 2 aromatic heterocycles. The van der Waals surface area contributed by atoms with Crippen molar-refractivity contribution in [2.75, 3.05) is 5.73 Å². The van der Waals surface area contributed by atoms with Crippen molar-refractivity contribution < 1.29 is 4.79 Å². The number of carbonyl (C=O) groups excluding carboxylic acids is 1. The van der Waals surface area contributed by atoms with E-state index >= 15 is 0 Å². The summed E-state index contributed by atoms with van der Waals surface area (Å²) in [5, 5.41) is 0. The number of carbonyl (C=O) groups is 1. The molecular formula is C10H9N5O2. The first-order chi connectivity index (χ1) is 8.08. The number of rotatable bonds is 2. The third-order valence-electron chi connectivity index (χ3n) is 2.12. The van der Waals surface area contributed by atoms with Crippen LogP contribution >= 0.6 is 0 Å². The lowest BCUT2D eigenvalue weighted by Gasteiger charge is -2.02. The molecule has 0 aromatic carbocycles. The molecule has 0 unspecified atom stereocenters. The van der Waals surface area contributed by atoms with E-state index in [9.17, 15) is 9.59 Å². The number of nitrogens with two attached hydrogens (primary N) is 2. The van der Waals surface area contributed by atoms with Crippen LogP contribution in [0.4, 0.5) is 5.82 Å². The molecule has 0 aliphatic rings. The summed E-state index contributed by atoms with van der Waals surface area (Å²) in [6, 6.07) is 1.35. The lowest BCUT2D eigenvalue weighted by molar-refractivity contribution is 0.0999. The second-order valence-corrected chi connectivity index (χ2v) is 3.32. The van der Waals surface area contributed by atoms with Crippen molar-refractivity contribution in [3.05, 3.63) is 40.6 Å². The summed E-state index contributed by atoms with van der Waals surface area (Å²) in [5.74, 6) is -0.556. The average Bonchev–Trinajstić information content (AvgIpc) is 2.29. The van der Waals surface area contributed by atoms with Gasteiger partial charge in [-0.3, -0.25) is 14.6 Å². The van der Waals surface area contributed by atoms with Crippen LogP contribution < -0.4 is 17.0 Å². The van der Waals surface area contributed by atoms with Gasteiger partial charge in [-0.2, -0.15) is 0 Å². The molecule has 2 heterocycles. The second kappa shape index (κ2) is 4.05. The van der Waals surface area contributed by atoms with Crippen molar-refractivity contribution >= 4 is 11.7 Å². The van der Waals surface area contributed by atoms with E-state index in [4.69, 9.17) is 11.5 Å². The summed E-state index contributed by atoms with van der Waals surface area (Å²) in [4.78, 5) is 32.6. The smallest absolute Gasteiger partial charge is 0.260 e. The molecular weight excluding hydrogens is 222 g/mol. The molecule has 0 saturated carbocycles. The molecule has 0 spiro atoms. The molecule has 0 atom stereocenters. The fourth-order valence-electron chi connectivity index (χ4n) is 1.33. The molecule has 0 radical (unpaired) electrons. The minimum atomic E-state index is -0.801. The fourth-order valence-corrected chi connectivity index (χ4v) is 1.33. The van der Waals surface area contributed by atoms with Gasteiger partial charge in [0.1, 0.15) is 11.4 Å². The quantitative estimate of drug-likeness (QED) is 0.642. The first-order valence-electron chi connectivity index (χ1n) is 4.68. The van der Waals surface area contributed by atoms with Gasteiger partial charge in [-0.25, -0.2) is 4.98 Å². The van der Waals surface area contributed by atoms with Crippen LogP contribution in [0.5, 0.6) is 0 Å². The number of primary amides is 1. The molecule has 2 aromatic rings. The van der Waals surface area contributed by atoms with E-state index in [1.54, 1.807) is 0 Å². The van der Waals surface area contributed by atoms with Crippen molar-refractivity contribution in [2.24, 2.45) is 5.73 Å². The van der Waals surface area contributed by atoms with Gasteiger partial charge in [-0.05, 0) is 6.07 Å². The number of nitrogens with one attached hydrogen (secondary N) is 1. The number of aromatic nitrogens is 3. The summed E-state index contributed by atoms with van der Waals surface area (Å²) in [5.41, 5.74) is 10.8. The predicted octanol–water partition coefficient (Wildman–Crippen LogP) is -0.487. The molecule has 7 nitrogen and oxygen atoms in total. The lowest BCUT2D eigenvalue weighted by Crippen LogP contribution is -2.23. The highest BCUT2D eigenvalue weighted by Gasteiger charge is 2.09. The van der Waals surface area contributed by atoms with Gasteiger partial charge in [0.05, 0.1) is 18.1 Å². The molecule has 5 N–H and O–H groups in total. The Labute approximate surface area is 95.5 Å². The van der Waals surface area contributed by atoms with Crippen molar-refractivity contribution in [3.63, 3.8) is 0 Å². The first-order valence-corrected chi connectivity index (χ1v) is 4.68. The molecule has 1 amide bonds. The van der Waals surface area contributed by atoms with E-state index in [0.29, 0.717) is 11.3 Å². The van der Waals surface area contributed by atoms with Gasteiger partial charge in [-0.15, -0.1) is 0 Å².